The Balaban J connectivity index is 0. The molecule has 1 atom stereocenters. The van der Waals surface area contributed by atoms with Gasteiger partial charge in [-0.1, -0.05) is 5.16 Å². The van der Waals surface area contributed by atoms with Crippen molar-refractivity contribution in [2.45, 2.75) is 32.5 Å². The number of carbonyl (C=O) groups is 1. The second-order valence-electron chi connectivity index (χ2n) is 5.55. The molecule has 1 unspecified atom stereocenters. The van der Waals surface area contributed by atoms with Crippen LogP contribution in [-0.4, -0.2) is 56.7 Å². The number of ether oxygens (including phenoxy) is 1. The quantitative estimate of drug-likeness (QED) is 0.152. The number of nitrogens with one attached hydrogen (secondary N) is 1. The van der Waals surface area contributed by atoms with E-state index < -0.39 is 14.1 Å². The van der Waals surface area contributed by atoms with Crippen molar-refractivity contribution in [2.24, 2.45) is 5.16 Å². The van der Waals surface area contributed by atoms with Crippen molar-refractivity contribution < 1.29 is 45.0 Å². The maximum Gasteiger partial charge on any atom is -1.00 e. The molecule has 0 aromatic heterocycles. The second-order valence-corrected chi connectivity index (χ2v) is 6.83. The van der Waals surface area contributed by atoms with Gasteiger partial charge in [0.1, 0.15) is 6.07 Å². The van der Waals surface area contributed by atoms with Crippen molar-refractivity contribution >= 4 is 19.8 Å². The predicted octanol–water partition coefficient (Wildman–Crippen LogP) is -0.674. The summed E-state index contributed by atoms with van der Waals surface area (Å²) < 4.78 is 53.9. The molecule has 0 aromatic carbocycles. The molecule has 0 spiro atoms. The summed E-state index contributed by atoms with van der Waals surface area (Å²) in [7, 11) is -4.78. The van der Waals surface area contributed by atoms with Gasteiger partial charge in [0, 0.05) is 0 Å². The van der Waals surface area contributed by atoms with Gasteiger partial charge in [0.15, 0.2) is 0 Å². The zero-order chi connectivity index (χ0) is 20.4. The molecule has 0 saturated carbocycles. The number of nitriles is 1. The van der Waals surface area contributed by atoms with Crippen molar-refractivity contribution in [3.8, 4) is 6.07 Å². The number of hydrogen-bond donors (Lipinski definition) is 1. The number of esters is 1. The van der Waals surface area contributed by atoms with E-state index in [1.165, 1.54) is 11.3 Å². The smallest absolute Gasteiger partial charge is 1.00 e. The molecule has 0 aromatic rings. The van der Waals surface area contributed by atoms with Crippen LogP contribution in [0.25, 0.3) is 0 Å². The molecule has 1 saturated heterocycles. The third-order valence-corrected chi connectivity index (χ3v) is 3.13. The molecule has 0 radical (unpaired) electrons. The number of hydrogen-bond acceptors (Lipinski definition) is 6. The van der Waals surface area contributed by atoms with Gasteiger partial charge in [-0.2, -0.15) is 5.26 Å². The zero-order valence-corrected chi connectivity index (χ0v) is 16.0. The van der Waals surface area contributed by atoms with Crippen molar-refractivity contribution in [3.05, 3.63) is 0 Å². The normalized spacial score (nSPS) is 17.9. The van der Waals surface area contributed by atoms with Crippen LogP contribution in [0, 0.1) is 11.3 Å². The van der Waals surface area contributed by atoms with Crippen LogP contribution < -0.4 is 9.60 Å². The van der Waals surface area contributed by atoms with E-state index in [0.29, 0.717) is 0 Å². The first-order valence-electron chi connectivity index (χ1n) is 7.76. The van der Waals surface area contributed by atoms with Gasteiger partial charge in [-0.15, -0.1) is 0 Å². The largest absolute Gasteiger partial charge is 1.00 e. The SMILES string of the molecule is CCOC(=O)/C(C#N)=N\OC(N(C)C)[NH+]1CCCCC1.FP(F)(F)(F)F.[F-]. The second kappa shape index (κ2) is 11.9. The molecule has 14 heteroatoms. The summed E-state index contributed by atoms with van der Waals surface area (Å²) in [4.78, 5) is 20.0. The summed E-state index contributed by atoms with van der Waals surface area (Å²) in [5, 5.41) is 12.6. The molecular formula is C13H23F6N4O3P. The minimum Gasteiger partial charge on any atom is -1.00 e. The van der Waals surface area contributed by atoms with Gasteiger partial charge in [0.2, 0.25) is 0 Å². The fraction of sp³-hybridized carbons (Fsp3) is 0.769. The molecule has 1 aliphatic heterocycles. The van der Waals surface area contributed by atoms with Gasteiger partial charge in [0.25, 0.3) is 5.71 Å². The first-order chi connectivity index (χ1) is 11.8. The van der Waals surface area contributed by atoms with Crippen molar-refractivity contribution in [1.82, 2.24) is 4.90 Å². The van der Waals surface area contributed by atoms with Gasteiger partial charge in [-0.25, -0.2) is 9.69 Å². The van der Waals surface area contributed by atoms with E-state index in [-0.39, 0.29) is 23.4 Å². The van der Waals surface area contributed by atoms with Gasteiger partial charge in [-0.3, -0.25) is 4.90 Å². The number of quaternary nitrogens is 1. The van der Waals surface area contributed by atoms with Crippen LogP contribution in [0.3, 0.4) is 0 Å². The van der Waals surface area contributed by atoms with Crippen LogP contribution in [-0.2, 0) is 14.4 Å². The fourth-order valence-corrected chi connectivity index (χ4v) is 2.19. The van der Waals surface area contributed by atoms with E-state index in [1.807, 2.05) is 19.0 Å². The Morgan fingerprint density at radius 3 is 2.07 bits per heavy atom. The minimum absolute atomic E-state index is 0. The molecule has 0 bridgehead atoms. The molecule has 1 N–H and O–H groups in total. The van der Waals surface area contributed by atoms with E-state index in [1.54, 1.807) is 13.0 Å². The first-order valence-corrected chi connectivity index (χ1v) is 9.45. The number of nitrogens with zero attached hydrogens (tertiary/aromatic N) is 3. The third kappa shape index (κ3) is 15.1. The summed E-state index contributed by atoms with van der Waals surface area (Å²) in [6.45, 7) is 3.88. The summed E-state index contributed by atoms with van der Waals surface area (Å²) in [5.41, 5.74) is -0.352. The number of piperidine rings is 1. The number of rotatable bonds is 6. The Kier molecular flexibility index (Phi) is 12.2. The first kappa shape index (κ1) is 27.6. The maximum absolute atomic E-state index is 11.5. The molecule has 0 amide bonds. The number of oxime groups is 1. The van der Waals surface area contributed by atoms with Crippen LogP contribution in [0.15, 0.2) is 5.16 Å². The van der Waals surface area contributed by atoms with Gasteiger partial charge in [0.05, 0.1) is 19.7 Å². The van der Waals surface area contributed by atoms with Gasteiger partial charge >= 0.3 is 41.5 Å². The molecule has 1 aliphatic rings. The monoisotopic (exact) mass is 428 g/mol. The van der Waals surface area contributed by atoms with Crippen molar-refractivity contribution in [1.29, 1.82) is 5.26 Å². The molecule has 1 fully saturated rings. The number of halogens is 6. The Morgan fingerprint density at radius 2 is 1.70 bits per heavy atom. The maximum atomic E-state index is 11.5. The molecule has 1 heterocycles. The van der Waals surface area contributed by atoms with Gasteiger partial charge in [-0.05, 0) is 40.3 Å². The fourth-order valence-electron chi connectivity index (χ4n) is 2.19. The van der Waals surface area contributed by atoms with Crippen LogP contribution in [0.1, 0.15) is 26.2 Å². The standard InChI is InChI=1S/C13H22N4O3.F5P.FH/c1-4-19-12(18)11(10-14)15-20-13(16(2)3)17-8-6-5-7-9-17;1-6(2,3,4)5;/h13H,4-9H2,1-3H3;;1H/b15-11-;;. The molecule has 1 rings (SSSR count). The zero-order valence-electron chi connectivity index (χ0n) is 15.1. The molecule has 160 valence electrons. The van der Waals surface area contributed by atoms with Crippen molar-refractivity contribution in [3.63, 3.8) is 0 Å². The van der Waals surface area contributed by atoms with E-state index in [0.717, 1.165) is 25.9 Å². The molecule has 7 nitrogen and oxygen atoms in total. The van der Waals surface area contributed by atoms with Crippen LogP contribution in [0.4, 0.5) is 21.0 Å². The minimum atomic E-state index is -8.55. The average molecular weight is 428 g/mol. The Bertz CT molecular complexity index is 513. The van der Waals surface area contributed by atoms with Crippen LogP contribution >= 0.6 is 8.16 Å². The molecule has 27 heavy (non-hydrogen) atoms. The Labute approximate surface area is 153 Å². The number of carbonyl (C=O) groups excluding carboxylic acids is 1. The Morgan fingerprint density at radius 1 is 1.22 bits per heavy atom. The number of likely N-dealkylation sites (tertiary alicyclic amines) is 1. The molecule has 0 aliphatic carbocycles. The van der Waals surface area contributed by atoms with E-state index in [9.17, 15) is 25.8 Å². The van der Waals surface area contributed by atoms with E-state index >= 15 is 0 Å². The van der Waals surface area contributed by atoms with Crippen molar-refractivity contribution in [2.75, 3.05) is 33.8 Å². The molecular weight excluding hydrogens is 405 g/mol. The van der Waals surface area contributed by atoms with Crippen LogP contribution in [0.5, 0.6) is 0 Å². The average Bonchev–Trinajstić information content (AvgIpc) is 2.50. The Hall–Kier alpha value is -1.64. The summed E-state index contributed by atoms with van der Waals surface area (Å²) in [5.74, 6) is -0.749. The van der Waals surface area contributed by atoms with E-state index in [4.69, 9.17) is 14.8 Å². The summed E-state index contributed by atoms with van der Waals surface area (Å²) >= 11 is 0. The van der Waals surface area contributed by atoms with Gasteiger partial charge < -0.3 is 14.3 Å². The van der Waals surface area contributed by atoms with Crippen LogP contribution in [0.2, 0.25) is 0 Å². The summed E-state index contributed by atoms with van der Waals surface area (Å²) in [6.07, 6.45) is 3.23. The summed E-state index contributed by atoms with van der Waals surface area (Å²) in [6, 6.07) is 1.71. The van der Waals surface area contributed by atoms with E-state index in [2.05, 4.69) is 5.16 Å². The predicted molar refractivity (Wildman–Crippen MR) is 85.2 cm³/mol. The third-order valence-electron chi connectivity index (χ3n) is 3.13. The topological polar surface area (TPSA) is 79.4 Å².